The summed E-state index contributed by atoms with van der Waals surface area (Å²) in [4.78, 5) is 11.6. The number of ether oxygens (including phenoxy) is 1. The lowest BCUT2D eigenvalue weighted by Crippen LogP contribution is -2.45. The molecule has 2 unspecified atom stereocenters. The number of nitrogens with one attached hydrogen (secondary N) is 1. The van der Waals surface area contributed by atoms with Crippen LogP contribution < -0.4 is 5.32 Å². The van der Waals surface area contributed by atoms with Crippen LogP contribution in [0.3, 0.4) is 0 Å². The summed E-state index contributed by atoms with van der Waals surface area (Å²) >= 11 is 0. The Labute approximate surface area is 114 Å². The normalized spacial score (nSPS) is 15.6. The molecule has 0 saturated heterocycles. The first-order valence-corrected chi connectivity index (χ1v) is 6.61. The second-order valence-electron chi connectivity index (χ2n) is 4.89. The van der Waals surface area contributed by atoms with E-state index in [0.717, 1.165) is 5.56 Å². The fraction of sp³-hybridized carbons (Fsp3) is 0.533. The SMILES string of the molecule is CCOC(=O)C(C)CNC(C)(CO)c1ccccc1. The van der Waals surface area contributed by atoms with E-state index in [9.17, 15) is 9.90 Å². The van der Waals surface area contributed by atoms with E-state index in [1.54, 1.807) is 6.92 Å². The van der Waals surface area contributed by atoms with Crippen LogP contribution in [0, 0.1) is 5.92 Å². The van der Waals surface area contributed by atoms with Gasteiger partial charge in [0.2, 0.25) is 0 Å². The third kappa shape index (κ3) is 4.33. The molecule has 0 saturated carbocycles. The Kier molecular flexibility index (Phi) is 5.99. The highest BCUT2D eigenvalue weighted by Crippen LogP contribution is 2.20. The molecule has 1 rings (SSSR count). The zero-order valence-corrected chi connectivity index (χ0v) is 11.8. The molecule has 1 aromatic carbocycles. The summed E-state index contributed by atoms with van der Waals surface area (Å²) in [6.45, 7) is 6.34. The minimum atomic E-state index is -0.554. The number of esters is 1. The van der Waals surface area contributed by atoms with Crippen LogP contribution in [0.2, 0.25) is 0 Å². The summed E-state index contributed by atoms with van der Waals surface area (Å²) < 4.78 is 4.97. The van der Waals surface area contributed by atoms with Crippen LogP contribution in [0.25, 0.3) is 0 Å². The van der Waals surface area contributed by atoms with E-state index >= 15 is 0 Å². The minimum absolute atomic E-state index is 0.0352. The molecule has 0 heterocycles. The molecular formula is C15H23NO3. The smallest absolute Gasteiger partial charge is 0.309 e. The van der Waals surface area contributed by atoms with Crippen molar-refractivity contribution in [2.45, 2.75) is 26.3 Å². The lowest BCUT2D eigenvalue weighted by molar-refractivity contribution is -0.147. The number of carbonyl (C=O) groups excluding carboxylic acids is 1. The van der Waals surface area contributed by atoms with Crippen molar-refractivity contribution in [2.75, 3.05) is 19.8 Å². The van der Waals surface area contributed by atoms with Crippen molar-refractivity contribution in [3.8, 4) is 0 Å². The fourth-order valence-corrected chi connectivity index (χ4v) is 1.80. The van der Waals surface area contributed by atoms with Gasteiger partial charge in [0.15, 0.2) is 0 Å². The lowest BCUT2D eigenvalue weighted by atomic mass is 9.92. The van der Waals surface area contributed by atoms with Gasteiger partial charge in [-0.3, -0.25) is 4.79 Å². The van der Waals surface area contributed by atoms with Gasteiger partial charge in [0.25, 0.3) is 0 Å². The van der Waals surface area contributed by atoms with Gasteiger partial charge in [-0.2, -0.15) is 0 Å². The van der Waals surface area contributed by atoms with E-state index in [2.05, 4.69) is 5.32 Å². The van der Waals surface area contributed by atoms with Crippen LogP contribution in [0.5, 0.6) is 0 Å². The van der Waals surface area contributed by atoms with Crippen LogP contribution in [-0.2, 0) is 15.1 Å². The third-order valence-corrected chi connectivity index (χ3v) is 3.21. The van der Waals surface area contributed by atoms with Gasteiger partial charge in [0, 0.05) is 6.54 Å². The topological polar surface area (TPSA) is 58.6 Å². The van der Waals surface area contributed by atoms with Crippen LogP contribution in [-0.4, -0.2) is 30.8 Å². The number of aliphatic hydroxyl groups excluding tert-OH is 1. The lowest BCUT2D eigenvalue weighted by Gasteiger charge is -2.30. The summed E-state index contributed by atoms with van der Waals surface area (Å²) in [5.41, 5.74) is 0.440. The molecule has 2 atom stereocenters. The van der Waals surface area contributed by atoms with Gasteiger partial charge >= 0.3 is 5.97 Å². The molecule has 19 heavy (non-hydrogen) atoms. The predicted octanol–water partition coefficient (Wildman–Crippen LogP) is 1.68. The van der Waals surface area contributed by atoms with Crippen molar-refractivity contribution in [2.24, 2.45) is 5.92 Å². The highest BCUT2D eigenvalue weighted by Gasteiger charge is 2.26. The Balaban J connectivity index is 2.65. The maximum Gasteiger partial charge on any atom is 0.309 e. The van der Waals surface area contributed by atoms with Crippen molar-refractivity contribution in [1.29, 1.82) is 0 Å². The number of benzene rings is 1. The number of hydrogen-bond acceptors (Lipinski definition) is 4. The molecule has 0 aliphatic carbocycles. The monoisotopic (exact) mass is 265 g/mol. The molecule has 0 spiro atoms. The summed E-state index contributed by atoms with van der Waals surface area (Å²) in [5, 5.41) is 12.9. The van der Waals surface area contributed by atoms with Gasteiger partial charge in [0.1, 0.15) is 0 Å². The van der Waals surface area contributed by atoms with Crippen LogP contribution in [0.15, 0.2) is 30.3 Å². The van der Waals surface area contributed by atoms with E-state index in [1.165, 1.54) is 0 Å². The van der Waals surface area contributed by atoms with Crippen molar-refractivity contribution in [3.05, 3.63) is 35.9 Å². The molecule has 0 aromatic heterocycles. The van der Waals surface area contributed by atoms with Gasteiger partial charge in [0.05, 0.1) is 24.7 Å². The van der Waals surface area contributed by atoms with Gasteiger partial charge in [-0.15, -0.1) is 0 Å². The average Bonchev–Trinajstić information content (AvgIpc) is 2.45. The molecule has 0 amide bonds. The van der Waals surface area contributed by atoms with Crippen LogP contribution in [0.1, 0.15) is 26.3 Å². The molecule has 2 N–H and O–H groups in total. The largest absolute Gasteiger partial charge is 0.466 e. The first-order valence-electron chi connectivity index (χ1n) is 6.61. The van der Waals surface area contributed by atoms with Gasteiger partial charge in [-0.05, 0) is 19.4 Å². The average molecular weight is 265 g/mol. The Bertz CT molecular complexity index is 394. The van der Waals surface area contributed by atoms with Crippen LogP contribution >= 0.6 is 0 Å². The zero-order chi connectivity index (χ0) is 14.3. The van der Waals surface area contributed by atoms with E-state index < -0.39 is 5.54 Å². The van der Waals surface area contributed by atoms with Gasteiger partial charge in [-0.25, -0.2) is 0 Å². The zero-order valence-electron chi connectivity index (χ0n) is 11.8. The predicted molar refractivity (Wildman–Crippen MR) is 74.7 cm³/mol. The number of hydrogen-bond donors (Lipinski definition) is 2. The molecule has 0 aliphatic rings. The summed E-state index contributed by atoms with van der Waals surface area (Å²) in [5.74, 6) is -0.460. The Hall–Kier alpha value is -1.39. The van der Waals surface area contributed by atoms with E-state index in [0.29, 0.717) is 13.2 Å². The van der Waals surface area contributed by atoms with Gasteiger partial charge < -0.3 is 15.2 Å². The summed E-state index contributed by atoms with van der Waals surface area (Å²) in [6, 6.07) is 9.71. The number of carbonyl (C=O) groups is 1. The molecular weight excluding hydrogens is 242 g/mol. The van der Waals surface area contributed by atoms with E-state index in [4.69, 9.17) is 4.74 Å². The first kappa shape index (κ1) is 15.7. The maximum absolute atomic E-state index is 11.6. The number of aliphatic hydroxyl groups is 1. The Morgan fingerprint density at radius 1 is 1.42 bits per heavy atom. The van der Waals surface area contributed by atoms with Crippen LogP contribution in [0.4, 0.5) is 0 Å². The van der Waals surface area contributed by atoms with Crippen molar-refractivity contribution in [3.63, 3.8) is 0 Å². The molecule has 0 fully saturated rings. The number of rotatable bonds is 7. The Morgan fingerprint density at radius 2 is 2.05 bits per heavy atom. The molecule has 0 radical (unpaired) electrons. The molecule has 4 nitrogen and oxygen atoms in total. The summed E-state index contributed by atoms with van der Waals surface area (Å²) in [6.07, 6.45) is 0. The minimum Gasteiger partial charge on any atom is -0.466 e. The maximum atomic E-state index is 11.6. The second-order valence-corrected chi connectivity index (χ2v) is 4.89. The molecule has 0 bridgehead atoms. The van der Waals surface area contributed by atoms with Crippen molar-refractivity contribution >= 4 is 5.97 Å². The highest BCUT2D eigenvalue weighted by molar-refractivity contribution is 5.72. The Morgan fingerprint density at radius 3 is 2.58 bits per heavy atom. The summed E-state index contributed by atoms with van der Waals surface area (Å²) in [7, 11) is 0. The first-order chi connectivity index (χ1) is 9.03. The van der Waals surface area contributed by atoms with Gasteiger partial charge in [-0.1, -0.05) is 37.3 Å². The molecule has 1 aromatic rings. The van der Waals surface area contributed by atoms with E-state index in [1.807, 2.05) is 44.2 Å². The van der Waals surface area contributed by atoms with E-state index in [-0.39, 0.29) is 18.5 Å². The van der Waals surface area contributed by atoms with Crippen molar-refractivity contribution < 1.29 is 14.6 Å². The molecule has 4 heteroatoms. The molecule has 0 aliphatic heterocycles. The standard InChI is InChI=1S/C15H23NO3/c1-4-19-14(18)12(2)10-16-15(3,11-17)13-8-6-5-7-9-13/h5-9,12,16-17H,4,10-11H2,1-3H3. The third-order valence-electron chi connectivity index (χ3n) is 3.21. The molecule has 106 valence electrons. The second kappa shape index (κ2) is 7.26. The quantitative estimate of drug-likeness (QED) is 0.737. The van der Waals surface area contributed by atoms with Crippen molar-refractivity contribution in [1.82, 2.24) is 5.32 Å². The fourth-order valence-electron chi connectivity index (χ4n) is 1.80. The highest BCUT2D eigenvalue weighted by atomic mass is 16.5.